The number of aromatic nitrogens is 2. The molecule has 0 fully saturated rings. The molecule has 9 heteroatoms. The Balaban J connectivity index is 1.60. The summed E-state index contributed by atoms with van der Waals surface area (Å²) in [5.41, 5.74) is 0.590. The maximum atomic E-state index is 12.1. The summed E-state index contributed by atoms with van der Waals surface area (Å²) in [7, 11) is 1.57. The van der Waals surface area contributed by atoms with Crippen molar-refractivity contribution in [1.82, 2.24) is 10.2 Å². The predicted octanol–water partition coefficient (Wildman–Crippen LogP) is 4.57. The van der Waals surface area contributed by atoms with Gasteiger partial charge in [-0.05, 0) is 40.2 Å². The highest BCUT2D eigenvalue weighted by atomic mass is 79.9. The van der Waals surface area contributed by atoms with Gasteiger partial charge in [0.25, 0.3) is 11.8 Å². The molecule has 0 unspecified atom stereocenters. The van der Waals surface area contributed by atoms with E-state index in [0.717, 1.165) is 9.17 Å². The summed E-state index contributed by atoms with van der Waals surface area (Å²) >= 11 is 4.62. The molecule has 0 spiro atoms. The fourth-order valence-corrected chi connectivity index (χ4v) is 3.55. The molecule has 0 radical (unpaired) electrons. The van der Waals surface area contributed by atoms with Gasteiger partial charge in [0, 0.05) is 5.39 Å². The summed E-state index contributed by atoms with van der Waals surface area (Å²) in [6.07, 6.45) is 0. The van der Waals surface area contributed by atoms with Gasteiger partial charge >= 0.3 is 6.01 Å². The Hall–Kier alpha value is -2.65. The summed E-state index contributed by atoms with van der Waals surface area (Å²) in [6.45, 7) is 0. The number of thiophene rings is 1. The number of carbonyl (C=O) groups excluding carboxylic acids is 1. The number of amides is 1. The molecule has 0 aliphatic rings. The van der Waals surface area contributed by atoms with Crippen molar-refractivity contribution >= 4 is 50.2 Å². The zero-order valence-electron chi connectivity index (χ0n) is 12.8. The van der Waals surface area contributed by atoms with Crippen LogP contribution in [-0.4, -0.2) is 23.2 Å². The summed E-state index contributed by atoms with van der Waals surface area (Å²) in [6, 6.07) is 10.8. The van der Waals surface area contributed by atoms with E-state index in [1.165, 1.54) is 11.3 Å². The van der Waals surface area contributed by atoms with E-state index in [4.69, 9.17) is 13.6 Å². The molecule has 126 valence electrons. The molecule has 0 aliphatic carbocycles. The molecule has 7 nitrogen and oxygen atoms in total. The average Bonchev–Trinajstić information content (AvgIpc) is 3.32. The second kappa shape index (κ2) is 6.34. The van der Waals surface area contributed by atoms with Crippen LogP contribution in [0, 0.1) is 0 Å². The number of nitrogens with one attached hydrogen (secondary N) is 1. The largest absolute Gasteiger partial charge is 0.493 e. The topological polar surface area (TPSA) is 90.4 Å². The van der Waals surface area contributed by atoms with Crippen molar-refractivity contribution in [3.63, 3.8) is 0 Å². The van der Waals surface area contributed by atoms with Crippen molar-refractivity contribution in [2.45, 2.75) is 0 Å². The van der Waals surface area contributed by atoms with Crippen LogP contribution in [0.5, 0.6) is 5.75 Å². The first-order valence-corrected chi connectivity index (χ1v) is 8.72. The van der Waals surface area contributed by atoms with Crippen LogP contribution in [0.15, 0.2) is 49.0 Å². The van der Waals surface area contributed by atoms with Crippen molar-refractivity contribution in [2.24, 2.45) is 0 Å². The van der Waals surface area contributed by atoms with Crippen LogP contribution in [0.4, 0.5) is 6.01 Å². The van der Waals surface area contributed by atoms with E-state index >= 15 is 0 Å². The summed E-state index contributed by atoms with van der Waals surface area (Å²) < 4.78 is 17.3. The molecule has 0 atom stereocenters. The smallest absolute Gasteiger partial charge is 0.322 e. The molecule has 0 saturated heterocycles. The first-order valence-electron chi connectivity index (χ1n) is 7.11. The number of benzene rings is 1. The van der Waals surface area contributed by atoms with Gasteiger partial charge in [0.2, 0.25) is 0 Å². The zero-order valence-corrected chi connectivity index (χ0v) is 15.2. The number of nitrogens with zero attached hydrogens (tertiary/aromatic N) is 2. The minimum atomic E-state index is -0.322. The van der Waals surface area contributed by atoms with E-state index in [1.807, 2.05) is 12.1 Å². The molecule has 1 N–H and O–H groups in total. The lowest BCUT2D eigenvalue weighted by molar-refractivity contribution is 0.102. The van der Waals surface area contributed by atoms with Crippen LogP contribution >= 0.6 is 27.3 Å². The molecular weight excluding hydrogens is 410 g/mol. The van der Waals surface area contributed by atoms with Gasteiger partial charge in [0.1, 0.15) is 0 Å². The summed E-state index contributed by atoms with van der Waals surface area (Å²) in [4.78, 5) is 12.6. The van der Waals surface area contributed by atoms with Gasteiger partial charge in [0.05, 0.1) is 15.8 Å². The van der Waals surface area contributed by atoms with Gasteiger partial charge in [-0.15, -0.1) is 16.4 Å². The molecular formula is C16H10BrN3O4S. The van der Waals surface area contributed by atoms with E-state index in [2.05, 4.69) is 31.4 Å². The highest BCUT2D eigenvalue weighted by molar-refractivity contribution is 9.11. The number of furan rings is 1. The lowest BCUT2D eigenvalue weighted by atomic mass is 10.2. The Kier molecular flexibility index (Phi) is 4.02. The predicted molar refractivity (Wildman–Crippen MR) is 96.0 cm³/mol. The molecule has 1 amide bonds. The van der Waals surface area contributed by atoms with Crippen LogP contribution in [0.2, 0.25) is 0 Å². The Morgan fingerprint density at radius 1 is 1.24 bits per heavy atom. The van der Waals surface area contributed by atoms with E-state index < -0.39 is 0 Å². The van der Waals surface area contributed by atoms with E-state index in [9.17, 15) is 4.79 Å². The van der Waals surface area contributed by atoms with Gasteiger partial charge in [-0.2, -0.15) is 0 Å². The Morgan fingerprint density at radius 2 is 2.12 bits per heavy atom. The van der Waals surface area contributed by atoms with E-state index in [-0.39, 0.29) is 17.8 Å². The SMILES string of the molecule is COc1cccc2cc(-c3nnc(NC(=O)c4ccc(Br)s4)o3)oc12. The second-order valence-corrected chi connectivity index (χ2v) is 7.42. The van der Waals surface area contributed by atoms with E-state index in [1.54, 1.807) is 31.4 Å². The second-order valence-electron chi connectivity index (χ2n) is 4.96. The fraction of sp³-hybridized carbons (Fsp3) is 0.0625. The molecule has 0 bridgehead atoms. The number of halogens is 1. The number of rotatable bonds is 4. The quantitative estimate of drug-likeness (QED) is 0.520. The van der Waals surface area contributed by atoms with Crippen molar-refractivity contribution in [2.75, 3.05) is 12.4 Å². The Bertz CT molecular complexity index is 1070. The maximum absolute atomic E-state index is 12.1. The lowest BCUT2D eigenvalue weighted by Crippen LogP contribution is -2.10. The molecule has 0 aliphatic heterocycles. The molecule has 0 saturated carbocycles. The number of ether oxygens (including phenoxy) is 1. The zero-order chi connectivity index (χ0) is 17.4. The normalized spacial score (nSPS) is 11.0. The summed E-state index contributed by atoms with van der Waals surface area (Å²) in [5, 5.41) is 11.2. The van der Waals surface area contributed by atoms with Gasteiger partial charge in [-0.3, -0.25) is 10.1 Å². The van der Waals surface area contributed by atoms with Gasteiger partial charge in [-0.25, -0.2) is 0 Å². The minimum Gasteiger partial charge on any atom is -0.493 e. The standard InChI is InChI=1S/C16H10BrN3O4S/c1-22-9-4-2-3-8-7-10(23-13(8)9)15-19-20-16(24-15)18-14(21)11-5-6-12(17)25-11/h2-7H,1H3,(H,18,20,21). The van der Waals surface area contributed by atoms with Gasteiger partial charge < -0.3 is 13.6 Å². The molecule has 4 aromatic rings. The highest BCUT2D eigenvalue weighted by Gasteiger charge is 2.17. The number of carbonyl (C=O) groups is 1. The number of anilines is 1. The number of fused-ring (bicyclic) bond motifs is 1. The Labute approximate surface area is 153 Å². The van der Waals surface area contributed by atoms with Gasteiger partial charge in [-0.1, -0.05) is 17.2 Å². The maximum Gasteiger partial charge on any atom is 0.322 e. The fourth-order valence-electron chi connectivity index (χ4n) is 2.27. The number of hydrogen-bond acceptors (Lipinski definition) is 7. The third-order valence-electron chi connectivity index (χ3n) is 3.38. The van der Waals surface area contributed by atoms with Gasteiger partial charge in [0.15, 0.2) is 17.1 Å². The number of hydrogen-bond donors (Lipinski definition) is 1. The third-order valence-corrected chi connectivity index (χ3v) is 5.00. The molecule has 3 heterocycles. The van der Waals surface area contributed by atoms with Crippen LogP contribution < -0.4 is 10.1 Å². The van der Waals surface area contributed by atoms with Crippen LogP contribution in [-0.2, 0) is 0 Å². The van der Waals surface area contributed by atoms with Crippen molar-refractivity contribution in [3.8, 4) is 17.4 Å². The van der Waals surface area contributed by atoms with E-state index in [0.29, 0.717) is 22.0 Å². The van der Waals surface area contributed by atoms with Crippen LogP contribution in [0.3, 0.4) is 0 Å². The highest BCUT2D eigenvalue weighted by Crippen LogP contribution is 2.33. The minimum absolute atomic E-state index is 0.00283. The number of methoxy groups -OCH3 is 1. The first kappa shape index (κ1) is 15.9. The Morgan fingerprint density at radius 3 is 2.88 bits per heavy atom. The van der Waals surface area contributed by atoms with Crippen molar-refractivity contribution < 1.29 is 18.4 Å². The van der Waals surface area contributed by atoms with Crippen LogP contribution in [0.25, 0.3) is 22.6 Å². The lowest BCUT2D eigenvalue weighted by Gasteiger charge is -1.98. The van der Waals surface area contributed by atoms with Crippen molar-refractivity contribution in [3.05, 3.63) is 45.1 Å². The molecule has 4 rings (SSSR count). The third kappa shape index (κ3) is 3.03. The molecule has 3 aromatic heterocycles. The molecule has 25 heavy (non-hydrogen) atoms. The van der Waals surface area contributed by atoms with Crippen LogP contribution in [0.1, 0.15) is 9.67 Å². The van der Waals surface area contributed by atoms with Crippen molar-refractivity contribution in [1.29, 1.82) is 0 Å². The monoisotopic (exact) mass is 419 g/mol. The average molecular weight is 420 g/mol. The first-order chi connectivity index (χ1) is 12.1. The number of para-hydroxylation sites is 1. The summed E-state index contributed by atoms with van der Waals surface area (Å²) in [5.74, 6) is 0.851. The molecule has 1 aromatic carbocycles.